The number of aromatic hydroxyl groups is 1. The lowest BCUT2D eigenvalue weighted by Gasteiger charge is -2.11. The summed E-state index contributed by atoms with van der Waals surface area (Å²) in [6.45, 7) is 0.889. The van der Waals surface area contributed by atoms with E-state index in [1.54, 1.807) is 31.2 Å². The molecular formula is C14H11F2N3O3. The quantitative estimate of drug-likeness (QED) is 0.803. The number of hydrogen-bond acceptors (Lipinski definition) is 5. The average molecular weight is 307 g/mol. The zero-order chi connectivity index (χ0) is 15.9. The normalized spacial score (nSPS) is 11.5. The lowest BCUT2D eigenvalue weighted by Crippen LogP contribution is -2.25. The number of aromatic nitrogens is 3. The first-order valence-corrected chi connectivity index (χ1v) is 6.43. The fourth-order valence-corrected chi connectivity index (χ4v) is 2.36. The predicted molar refractivity (Wildman–Crippen MR) is 73.9 cm³/mol. The number of pyridine rings is 1. The summed E-state index contributed by atoms with van der Waals surface area (Å²) in [5.74, 6) is -0.430. The van der Waals surface area contributed by atoms with Crippen molar-refractivity contribution < 1.29 is 18.5 Å². The fraction of sp³-hybridized carbons (Fsp3) is 0.214. The first-order chi connectivity index (χ1) is 10.5. The second-order valence-electron chi connectivity index (χ2n) is 4.78. The van der Waals surface area contributed by atoms with Crippen LogP contribution >= 0.6 is 0 Å². The van der Waals surface area contributed by atoms with Gasteiger partial charge in [-0.15, -0.1) is 0 Å². The van der Waals surface area contributed by atoms with Crippen molar-refractivity contribution >= 4 is 11.2 Å². The Labute approximate surface area is 122 Å². The molecule has 3 aromatic rings. The molecule has 0 unspecified atom stereocenters. The summed E-state index contributed by atoms with van der Waals surface area (Å²) in [6, 6.07) is 6.82. The van der Waals surface area contributed by atoms with Crippen molar-refractivity contribution in [2.75, 3.05) is 0 Å². The van der Waals surface area contributed by atoms with E-state index in [4.69, 9.17) is 0 Å². The van der Waals surface area contributed by atoms with E-state index in [1.807, 2.05) is 0 Å². The van der Waals surface area contributed by atoms with Crippen LogP contribution in [0.2, 0.25) is 0 Å². The monoisotopic (exact) mass is 307 g/mol. The topological polar surface area (TPSA) is 81.2 Å². The Balaban J connectivity index is 2.40. The van der Waals surface area contributed by atoms with E-state index in [2.05, 4.69) is 14.9 Å². The Kier molecular flexibility index (Phi) is 3.36. The van der Waals surface area contributed by atoms with E-state index < -0.39 is 24.3 Å². The molecule has 8 heteroatoms. The van der Waals surface area contributed by atoms with Gasteiger partial charge >= 0.3 is 0 Å². The Morgan fingerprint density at radius 1 is 1.32 bits per heavy atom. The molecule has 0 atom stereocenters. The van der Waals surface area contributed by atoms with Gasteiger partial charge in [-0.05, 0) is 28.4 Å². The number of aryl methyl sites for hydroxylation is 1. The molecule has 0 aliphatic heterocycles. The summed E-state index contributed by atoms with van der Waals surface area (Å²) in [5.41, 5.74) is -0.0388. The van der Waals surface area contributed by atoms with Crippen molar-refractivity contribution in [3.05, 3.63) is 40.2 Å². The summed E-state index contributed by atoms with van der Waals surface area (Å²) in [4.78, 5) is 12.6. The highest BCUT2D eigenvalue weighted by Crippen LogP contribution is 2.33. The third-order valence-electron chi connectivity index (χ3n) is 3.38. The molecule has 0 saturated carbocycles. The summed E-state index contributed by atoms with van der Waals surface area (Å²) in [5, 5.41) is 17.2. The van der Waals surface area contributed by atoms with Crippen LogP contribution in [-0.2, 0) is 6.54 Å². The minimum atomic E-state index is -2.76. The van der Waals surface area contributed by atoms with Crippen LogP contribution in [0, 0.1) is 6.92 Å². The average Bonchev–Trinajstić information content (AvgIpc) is 2.95. The molecule has 1 aromatic carbocycles. The molecule has 0 radical (unpaired) electrons. The summed E-state index contributed by atoms with van der Waals surface area (Å²) < 4.78 is 30.7. The van der Waals surface area contributed by atoms with Gasteiger partial charge in [-0.2, -0.15) is 0 Å². The van der Waals surface area contributed by atoms with Gasteiger partial charge in [0.1, 0.15) is 0 Å². The SMILES string of the molecule is Cc1ccccc1-c1c(O)c2nonc2n(CC(F)F)c1=O. The van der Waals surface area contributed by atoms with Gasteiger partial charge < -0.3 is 5.11 Å². The molecule has 2 aromatic heterocycles. The molecule has 0 fully saturated rings. The Bertz CT molecular complexity index is 902. The third-order valence-corrected chi connectivity index (χ3v) is 3.38. The number of halogens is 2. The molecule has 114 valence electrons. The maximum Gasteiger partial charge on any atom is 0.264 e. The second-order valence-corrected chi connectivity index (χ2v) is 4.78. The highest BCUT2D eigenvalue weighted by Gasteiger charge is 2.23. The molecule has 0 spiro atoms. The molecule has 1 N–H and O–H groups in total. The number of fused-ring (bicyclic) bond motifs is 1. The van der Waals surface area contributed by atoms with Crippen molar-refractivity contribution in [3.63, 3.8) is 0 Å². The first kappa shape index (κ1) is 14.2. The van der Waals surface area contributed by atoms with Gasteiger partial charge in [-0.3, -0.25) is 9.36 Å². The Morgan fingerprint density at radius 3 is 2.73 bits per heavy atom. The van der Waals surface area contributed by atoms with Gasteiger partial charge in [0.05, 0.1) is 12.1 Å². The predicted octanol–water partition coefficient (Wildman–Crippen LogP) is 2.33. The number of alkyl halides is 2. The maximum atomic E-state index is 12.7. The maximum absolute atomic E-state index is 12.7. The van der Waals surface area contributed by atoms with Crippen LogP contribution in [0.4, 0.5) is 8.78 Å². The van der Waals surface area contributed by atoms with Crippen molar-refractivity contribution in [2.45, 2.75) is 19.9 Å². The largest absolute Gasteiger partial charge is 0.505 e. The minimum absolute atomic E-state index is 0.0954. The zero-order valence-electron chi connectivity index (χ0n) is 11.5. The van der Waals surface area contributed by atoms with Crippen LogP contribution in [0.25, 0.3) is 22.3 Å². The van der Waals surface area contributed by atoms with E-state index in [0.717, 1.165) is 4.57 Å². The van der Waals surface area contributed by atoms with Gasteiger partial charge in [0, 0.05) is 0 Å². The first-order valence-electron chi connectivity index (χ1n) is 6.43. The molecule has 0 bridgehead atoms. The molecule has 2 heterocycles. The molecule has 0 amide bonds. The van der Waals surface area contributed by atoms with E-state index in [0.29, 0.717) is 11.1 Å². The molecule has 0 saturated heterocycles. The van der Waals surface area contributed by atoms with Crippen molar-refractivity contribution in [2.24, 2.45) is 0 Å². The zero-order valence-corrected chi connectivity index (χ0v) is 11.5. The van der Waals surface area contributed by atoms with E-state index in [-0.39, 0.29) is 16.7 Å². The smallest absolute Gasteiger partial charge is 0.264 e. The van der Waals surface area contributed by atoms with Gasteiger partial charge in [0.15, 0.2) is 11.3 Å². The van der Waals surface area contributed by atoms with Gasteiger partial charge in [0.25, 0.3) is 12.0 Å². The second kappa shape index (κ2) is 5.21. The van der Waals surface area contributed by atoms with Crippen LogP contribution in [0.15, 0.2) is 33.7 Å². The number of hydrogen-bond donors (Lipinski definition) is 1. The molecule has 0 aliphatic carbocycles. The van der Waals surface area contributed by atoms with Gasteiger partial charge in [-0.25, -0.2) is 13.4 Å². The lowest BCUT2D eigenvalue weighted by molar-refractivity contribution is 0.126. The summed E-state index contributed by atoms with van der Waals surface area (Å²) in [6.07, 6.45) is -2.76. The van der Waals surface area contributed by atoms with Crippen molar-refractivity contribution in [1.29, 1.82) is 0 Å². The van der Waals surface area contributed by atoms with Gasteiger partial charge in [0.2, 0.25) is 5.65 Å². The third kappa shape index (κ3) is 2.12. The van der Waals surface area contributed by atoms with Crippen LogP contribution in [0.1, 0.15) is 5.56 Å². The standard InChI is InChI=1S/C14H11F2N3O3/c1-7-4-2-3-5-8(7)10-12(20)11-13(18-22-17-11)19(14(10)21)6-9(15)16/h2-5,9,20H,6H2,1H3. The van der Waals surface area contributed by atoms with Crippen LogP contribution in [0.5, 0.6) is 5.75 Å². The van der Waals surface area contributed by atoms with Gasteiger partial charge in [-0.1, -0.05) is 24.3 Å². The molecular weight excluding hydrogens is 296 g/mol. The fourth-order valence-electron chi connectivity index (χ4n) is 2.36. The summed E-state index contributed by atoms with van der Waals surface area (Å²) >= 11 is 0. The van der Waals surface area contributed by atoms with Crippen LogP contribution < -0.4 is 5.56 Å². The van der Waals surface area contributed by atoms with E-state index in [9.17, 15) is 18.7 Å². The summed E-state index contributed by atoms with van der Waals surface area (Å²) in [7, 11) is 0. The van der Waals surface area contributed by atoms with Crippen LogP contribution in [0.3, 0.4) is 0 Å². The molecule has 3 rings (SSSR count). The molecule has 6 nitrogen and oxygen atoms in total. The van der Waals surface area contributed by atoms with E-state index >= 15 is 0 Å². The highest BCUT2D eigenvalue weighted by atomic mass is 19.3. The molecule has 22 heavy (non-hydrogen) atoms. The Morgan fingerprint density at radius 2 is 2.05 bits per heavy atom. The molecule has 0 aliphatic rings. The number of rotatable bonds is 3. The van der Waals surface area contributed by atoms with Crippen LogP contribution in [-0.4, -0.2) is 26.4 Å². The number of nitrogens with zero attached hydrogens (tertiary/aromatic N) is 3. The van der Waals surface area contributed by atoms with E-state index in [1.165, 1.54) is 0 Å². The van der Waals surface area contributed by atoms with Crippen molar-refractivity contribution in [1.82, 2.24) is 14.9 Å². The Hall–Kier alpha value is -2.77. The van der Waals surface area contributed by atoms with Crippen molar-refractivity contribution in [3.8, 4) is 16.9 Å². The highest BCUT2D eigenvalue weighted by molar-refractivity contribution is 5.87. The minimum Gasteiger partial charge on any atom is -0.505 e. The lowest BCUT2D eigenvalue weighted by atomic mass is 10.0. The number of benzene rings is 1.